The van der Waals surface area contributed by atoms with Gasteiger partial charge >= 0.3 is 0 Å². The summed E-state index contributed by atoms with van der Waals surface area (Å²) in [7, 11) is 3.26. The molecule has 3 rings (SSSR count). The lowest BCUT2D eigenvalue weighted by Gasteiger charge is -2.26. The van der Waals surface area contributed by atoms with E-state index in [1.165, 1.54) is 6.92 Å². The number of nitrogens with zero attached hydrogens (tertiary/aromatic N) is 1. The van der Waals surface area contributed by atoms with Gasteiger partial charge in [-0.1, -0.05) is 12.1 Å². The highest BCUT2D eigenvalue weighted by Crippen LogP contribution is 2.39. The molecule has 1 atom stereocenters. The third-order valence-corrected chi connectivity index (χ3v) is 5.00. The minimum absolute atomic E-state index is 0.00649. The van der Waals surface area contributed by atoms with E-state index < -0.39 is 0 Å². The standard InChI is InChI=1S/C22H26N2O4/c1-15(25)23-17-8-6-16(7-9-17)13-22(26)24-12-4-5-20(24)19-11-10-18(27-2)14-21(19)28-3/h6-11,14,20H,4-5,12-13H2,1-3H3,(H,23,25). The number of carbonyl (C=O) groups is 2. The predicted molar refractivity (Wildman–Crippen MR) is 108 cm³/mol. The fourth-order valence-electron chi connectivity index (χ4n) is 3.67. The Bertz CT molecular complexity index is 848. The first kappa shape index (κ1) is 19.7. The third-order valence-electron chi connectivity index (χ3n) is 5.00. The second-order valence-electron chi connectivity index (χ2n) is 6.91. The summed E-state index contributed by atoms with van der Waals surface area (Å²) in [6, 6.07) is 13.1. The molecular weight excluding hydrogens is 356 g/mol. The summed E-state index contributed by atoms with van der Waals surface area (Å²) in [6.45, 7) is 2.21. The summed E-state index contributed by atoms with van der Waals surface area (Å²) in [4.78, 5) is 26.0. The maximum absolute atomic E-state index is 13.0. The van der Waals surface area contributed by atoms with Gasteiger partial charge in [0.05, 0.1) is 26.7 Å². The van der Waals surface area contributed by atoms with E-state index in [1.807, 2.05) is 47.4 Å². The van der Waals surface area contributed by atoms with E-state index in [-0.39, 0.29) is 17.9 Å². The van der Waals surface area contributed by atoms with Crippen LogP contribution in [0.4, 0.5) is 5.69 Å². The van der Waals surface area contributed by atoms with Crippen molar-refractivity contribution in [2.75, 3.05) is 26.1 Å². The van der Waals surface area contributed by atoms with Crippen molar-refractivity contribution in [1.82, 2.24) is 4.90 Å². The van der Waals surface area contributed by atoms with E-state index in [9.17, 15) is 9.59 Å². The molecule has 0 aliphatic carbocycles. The molecule has 0 bridgehead atoms. The number of hydrogen-bond acceptors (Lipinski definition) is 4. The Morgan fingerprint density at radius 2 is 1.86 bits per heavy atom. The number of carbonyl (C=O) groups excluding carboxylic acids is 2. The summed E-state index contributed by atoms with van der Waals surface area (Å²) in [5.41, 5.74) is 2.66. The smallest absolute Gasteiger partial charge is 0.227 e. The van der Waals surface area contributed by atoms with Crippen molar-refractivity contribution in [3.05, 3.63) is 53.6 Å². The first-order valence-corrected chi connectivity index (χ1v) is 9.39. The van der Waals surface area contributed by atoms with Crippen LogP contribution in [0, 0.1) is 0 Å². The van der Waals surface area contributed by atoms with Gasteiger partial charge in [0.25, 0.3) is 0 Å². The molecule has 2 amide bonds. The lowest BCUT2D eigenvalue weighted by atomic mass is 10.0. The van der Waals surface area contributed by atoms with E-state index in [4.69, 9.17) is 9.47 Å². The molecule has 1 aliphatic rings. The highest BCUT2D eigenvalue weighted by Gasteiger charge is 2.31. The average molecular weight is 382 g/mol. The van der Waals surface area contributed by atoms with Crippen LogP contribution in [0.5, 0.6) is 11.5 Å². The van der Waals surface area contributed by atoms with Gasteiger partial charge in [0.1, 0.15) is 11.5 Å². The Labute approximate surface area is 165 Å². The molecule has 2 aromatic carbocycles. The van der Waals surface area contributed by atoms with Crippen molar-refractivity contribution in [2.45, 2.75) is 32.2 Å². The van der Waals surface area contributed by atoms with Crippen LogP contribution in [-0.4, -0.2) is 37.5 Å². The van der Waals surface area contributed by atoms with Crippen molar-refractivity contribution in [1.29, 1.82) is 0 Å². The minimum atomic E-state index is -0.114. The molecule has 1 unspecified atom stereocenters. The van der Waals surface area contributed by atoms with Crippen molar-refractivity contribution in [3.63, 3.8) is 0 Å². The van der Waals surface area contributed by atoms with Gasteiger partial charge in [-0.25, -0.2) is 0 Å². The molecule has 1 aliphatic heterocycles. The third kappa shape index (κ3) is 4.44. The summed E-state index contributed by atoms with van der Waals surface area (Å²) in [5.74, 6) is 1.45. The quantitative estimate of drug-likeness (QED) is 0.829. The van der Waals surface area contributed by atoms with Crippen molar-refractivity contribution in [3.8, 4) is 11.5 Å². The predicted octanol–water partition coefficient (Wildman–Crippen LogP) is 3.57. The highest BCUT2D eigenvalue weighted by molar-refractivity contribution is 5.88. The Morgan fingerprint density at radius 1 is 1.11 bits per heavy atom. The van der Waals surface area contributed by atoms with Crippen LogP contribution < -0.4 is 14.8 Å². The average Bonchev–Trinajstić information content (AvgIpc) is 3.18. The van der Waals surface area contributed by atoms with Gasteiger partial charge in [-0.05, 0) is 42.7 Å². The zero-order chi connectivity index (χ0) is 20.1. The number of nitrogens with one attached hydrogen (secondary N) is 1. The molecule has 0 spiro atoms. The zero-order valence-electron chi connectivity index (χ0n) is 16.5. The lowest BCUT2D eigenvalue weighted by molar-refractivity contribution is -0.131. The molecular formula is C22H26N2O4. The number of likely N-dealkylation sites (tertiary alicyclic amines) is 1. The normalized spacial score (nSPS) is 16.0. The van der Waals surface area contributed by atoms with Crippen LogP contribution in [0.3, 0.4) is 0 Å². The fourth-order valence-corrected chi connectivity index (χ4v) is 3.67. The maximum Gasteiger partial charge on any atom is 0.227 e. The summed E-state index contributed by atoms with van der Waals surface area (Å²) in [5, 5.41) is 2.73. The van der Waals surface area contributed by atoms with Gasteiger partial charge in [-0.2, -0.15) is 0 Å². The van der Waals surface area contributed by atoms with E-state index in [1.54, 1.807) is 14.2 Å². The van der Waals surface area contributed by atoms with Crippen LogP contribution in [0.1, 0.15) is 36.9 Å². The number of amides is 2. The molecule has 2 aromatic rings. The fraction of sp³-hybridized carbons (Fsp3) is 0.364. The van der Waals surface area contributed by atoms with Gasteiger partial charge < -0.3 is 19.7 Å². The largest absolute Gasteiger partial charge is 0.497 e. The summed E-state index contributed by atoms with van der Waals surface area (Å²) >= 11 is 0. The van der Waals surface area contributed by atoms with Gasteiger partial charge in [-0.3, -0.25) is 9.59 Å². The molecule has 6 heteroatoms. The van der Waals surface area contributed by atoms with E-state index in [2.05, 4.69) is 5.32 Å². The summed E-state index contributed by atoms with van der Waals surface area (Å²) < 4.78 is 10.8. The number of anilines is 1. The number of rotatable bonds is 6. The van der Waals surface area contributed by atoms with Crippen molar-refractivity contribution < 1.29 is 19.1 Å². The molecule has 0 radical (unpaired) electrons. The molecule has 1 heterocycles. The first-order chi connectivity index (χ1) is 13.5. The van der Waals surface area contributed by atoms with E-state index in [0.29, 0.717) is 6.42 Å². The second-order valence-corrected chi connectivity index (χ2v) is 6.91. The number of hydrogen-bond donors (Lipinski definition) is 1. The van der Waals surface area contributed by atoms with Crippen LogP contribution in [0.2, 0.25) is 0 Å². The Kier molecular flexibility index (Phi) is 6.19. The van der Waals surface area contributed by atoms with Crippen LogP contribution in [0.25, 0.3) is 0 Å². The lowest BCUT2D eigenvalue weighted by Crippen LogP contribution is -2.32. The Balaban J connectivity index is 1.74. The molecule has 0 aromatic heterocycles. The van der Waals surface area contributed by atoms with Gasteiger partial charge in [0.2, 0.25) is 11.8 Å². The van der Waals surface area contributed by atoms with Gasteiger partial charge in [-0.15, -0.1) is 0 Å². The number of ether oxygens (including phenoxy) is 2. The van der Waals surface area contributed by atoms with Crippen LogP contribution >= 0.6 is 0 Å². The highest BCUT2D eigenvalue weighted by atomic mass is 16.5. The maximum atomic E-state index is 13.0. The van der Waals surface area contributed by atoms with Crippen LogP contribution in [-0.2, 0) is 16.0 Å². The zero-order valence-corrected chi connectivity index (χ0v) is 16.5. The molecule has 1 saturated heterocycles. The molecule has 1 N–H and O–H groups in total. The van der Waals surface area contributed by atoms with Crippen LogP contribution in [0.15, 0.2) is 42.5 Å². The van der Waals surface area contributed by atoms with Crippen molar-refractivity contribution >= 4 is 17.5 Å². The molecule has 148 valence electrons. The van der Waals surface area contributed by atoms with Gasteiger partial charge in [0, 0.05) is 30.8 Å². The molecule has 28 heavy (non-hydrogen) atoms. The number of benzene rings is 2. The second kappa shape index (κ2) is 8.78. The van der Waals surface area contributed by atoms with E-state index >= 15 is 0 Å². The van der Waals surface area contributed by atoms with E-state index in [0.717, 1.165) is 47.7 Å². The monoisotopic (exact) mass is 382 g/mol. The van der Waals surface area contributed by atoms with Gasteiger partial charge in [0.15, 0.2) is 0 Å². The Hall–Kier alpha value is -3.02. The minimum Gasteiger partial charge on any atom is -0.497 e. The topological polar surface area (TPSA) is 67.9 Å². The first-order valence-electron chi connectivity index (χ1n) is 9.39. The SMILES string of the molecule is COc1ccc(C2CCCN2C(=O)Cc2ccc(NC(C)=O)cc2)c(OC)c1. The van der Waals surface area contributed by atoms with Crippen molar-refractivity contribution in [2.24, 2.45) is 0 Å². The molecule has 1 fully saturated rings. The number of methoxy groups -OCH3 is 2. The summed E-state index contributed by atoms with van der Waals surface area (Å²) in [6.07, 6.45) is 2.21. The Morgan fingerprint density at radius 3 is 2.50 bits per heavy atom. The molecule has 6 nitrogen and oxygen atoms in total. The molecule has 0 saturated carbocycles.